The monoisotopic (exact) mass is 356 g/mol. The van der Waals surface area contributed by atoms with Crippen LogP contribution in [0.15, 0.2) is 0 Å². The predicted octanol–water partition coefficient (Wildman–Crippen LogP) is 2.12. The van der Waals surface area contributed by atoms with Crippen molar-refractivity contribution in [3.05, 3.63) is 0 Å². The second kappa shape index (κ2) is 8.17. The summed E-state index contributed by atoms with van der Waals surface area (Å²) in [6.07, 6.45) is 8.80. The third kappa shape index (κ3) is 4.53. The Hall–Kier alpha value is -0.280. The van der Waals surface area contributed by atoms with Crippen LogP contribution in [0.5, 0.6) is 0 Å². The molecule has 0 radical (unpaired) electrons. The molecule has 2 aliphatic carbocycles. The van der Waals surface area contributed by atoms with E-state index in [1.165, 1.54) is 6.42 Å². The summed E-state index contributed by atoms with van der Waals surface area (Å²) in [7, 11) is 0. The fraction of sp³-hybridized carbons (Fsp3) is 1.00. The third-order valence-corrected chi connectivity index (χ3v) is 6.02. The van der Waals surface area contributed by atoms with Crippen molar-refractivity contribution in [1.82, 2.24) is 10.2 Å². The highest BCUT2D eigenvalue weighted by molar-refractivity contribution is 4.84. The van der Waals surface area contributed by atoms with E-state index in [1.54, 1.807) is 0 Å². The van der Waals surface area contributed by atoms with E-state index in [9.17, 15) is 0 Å². The van der Waals surface area contributed by atoms with Crippen LogP contribution in [0.2, 0.25) is 0 Å². The van der Waals surface area contributed by atoms with Crippen LogP contribution in [0, 0.1) is 0 Å². The van der Waals surface area contributed by atoms with Gasteiger partial charge in [0.1, 0.15) is 0 Å². The number of nitrogens with one attached hydrogen (secondary N) is 1. The molecule has 2 saturated carbocycles. The van der Waals surface area contributed by atoms with Crippen molar-refractivity contribution in [3.8, 4) is 0 Å². The van der Waals surface area contributed by atoms with Crippen molar-refractivity contribution in [2.75, 3.05) is 39.4 Å². The van der Waals surface area contributed by atoms with E-state index >= 15 is 0 Å². The Kier molecular flexibility index (Phi) is 5.91. The highest BCUT2D eigenvalue weighted by atomic mass is 17.4. The molecule has 0 bridgehead atoms. The molecule has 0 aromatic heterocycles. The number of ether oxygens (including phenoxy) is 1. The minimum Gasteiger partial charge on any atom is -0.379 e. The molecule has 0 amide bonds. The summed E-state index contributed by atoms with van der Waals surface area (Å²) in [5.74, 6) is -1.36. The van der Waals surface area contributed by atoms with E-state index < -0.39 is 11.6 Å². The second-order valence-electron chi connectivity index (χ2n) is 7.90. The van der Waals surface area contributed by atoms with Crippen molar-refractivity contribution in [2.45, 2.75) is 75.4 Å². The molecule has 0 aromatic carbocycles. The first-order valence-electron chi connectivity index (χ1n) is 10.0. The Bertz CT molecular complexity index is 404. The molecule has 0 aromatic rings. The molecule has 4 aliphatic rings. The van der Waals surface area contributed by atoms with Gasteiger partial charge in [-0.1, -0.05) is 6.42 Å². The molecule has 2 heterocycles. The van der Waals surface area contributed by atoms with Gasteiger partial charge in [-0.25, -0.2) is 0 Å². The van der Waals surface area contributed by atoms with Gasteiger partial charge in [0, 0.05) is 57.9 Å². The molecule has 4 fully saturated rings. The van der Waals surface area contributed by atoms with Crippen LogP contribution in [-0.2, 0) is 24.3 Å². The van der Waals surface area contributed by atoms with Crippen LogP contribution in [0.25, 0.3) is 0 Å². The third-order valence-electron chi connectivity index (χ3n) is 6.02. The largest absolute Gasteiger partial charge is 0.379 e. The lowest BCUT2D eigenvalue weighted by atomic mass is 9.90. The van der Waals surface area contributed by atoms with Crippen molar-refractivity contribution >= 4 is 0 Å². The zero-order valence-corrected chi connectivity index (χ0v) is 15.2. The van der Waals surface area contributed by atoms with E-state index in [0.29, 0.717) is 6.04 Å². The molecular formula is C18H32N2O5. The van der Waals surface area contributed by atoms with Gasteiger partial charge < -0.3 is 10.1 Å². The fourth-order valence-corrected chi connectivity index (χ4v) is 4.27. The van der Waals surface area contributed by atoms with Crippen molar-refractivity contribution in [1.29, 1.82) is 0 Å². The summed E-state index contributed by atoms with van der Waals surface area (Å²) in [6, 6.07) is 0.518. The van der Waals surface area contributed by atoms with Crippen molar-refractivity contribution in [3.63, 3.8) is 0 Å². The first kappa shape index (κ1) is 18.1. The molecule has 0 atom stereocenters. The van der Waals surface area contributed by atoms with Gasteiger partial charge in [-0.3, -0.25) is 4.90 Å². The Morgan fingerprint density at radius 3 is 2.04 bits per heavy atom. The summed E-state index contributed by atoms with van der Waals surface area (Å²) in [6.45, 7) is 5.94. The summed E-state index contributed by atoms with van der Waals surface area (Å²) in [4.78, 5) is 25.4. The first-order chi connectivity index (χ1) is 12.3. The van der Waals surface area contributed by atoms with Gasteiger partial charge >= 0.3 is 0 Å². The fourth-order valence-electron chi connectivity index (χ4n) is 4.27. The minimum atomic E-state index is -0.703. The first-order valence-corrected chi connectivity index (χ1v) is 10.0. The van der Waals surface area contributed by atoms with Crippen LogP contribution in [-0.4, -0.2) is 61.9 Å². The van der Waals surface area contributed by atoms with Crippen LogP contribution in [0.1, 0.15) is 57.8 Å². The maximum Gasteiger partial charge on any atom is 0.234 e. The van der Waals surface area contributed by atoms with Gasteiger partial charge in [-0.05, 0) is 25.7 Å². The van der Waals surface area contributed by atoms with Crippen LogP contribution < -0.4 is 5.32 Å². The van der Waals surface area contributed by atoms with E-state index in [0.717, 1.165) is 90.8 Å². The van der Waals surface area contributed by atoms with E-state index in [-0.39, 0.29) is 0 Å². The van der Waals surface area contributed by atoms with Gasteiger partial charge in [-0.2, -0.15) is 19.6 Å². The smallest absolute Gasteiger partial charge is 0.234 e. The Morgan fingerprint density at radius 2 is 1.40 bits per heavy atom. The highest BCUT2D eigenvalue weighted by Gasteiger charge is 2.50. The lowest BCUT2D eigenvalue weighted by Gasteiger charge is -2.46. The molecule has 2 spiro atoms. The van der Waals surface area contributed by atoms with E-state index in [1.807, 2.05) is 0 Å². The molecule has 7 heteroatoms. The topological polar surface area (TPSA) is 61.4 Å². The summed E-state index contributed by atoms with van der Waals surface area (Å²) < 4.78 is 5.39. The number of hydrogen-bond acceptors (Lipinski definition) is 7. The molecule has 4 rings (SSSR count). The number of hydrogen-bond donors (Lipinski definition) is 1. The Balaban J connectivity index is 1.16. The normalized spacial score (nSPS) is 30.7. The molecule has 2 aliphatic heterocycles. The average molecular weight is 356 g/mol. The number of nitrogens with zero attached hydrogens (tertiary/aromatic N) is 1. The molecular weight excluding hydrogens is 324 g/mol. The lowest BCUT2D eigenvalue weighted by Crippen LogP contribution is -2.54. The lowest BCUT2D eigenvalue weighted by molar-refractivity contribution is -0.662. The van der Waals surface area contributed by atoms with Crippen LogP contribution in [0.3, 0.4) is 0 Å². The van der Waals surface area contributed by atoms with Gasteiger partial charge in [-0.15, -0.1) is 0 Å². The molecule has 0 unspecified atom stereocenters. The summed E-state index contributed by atoms with van der Waals surface area (Å²) >= 11 is 0. The van der Waals surface area contributed by atoms with E-state index in [2.05, 4.69) is 10.2 Å². The maximum absolute atomic E-state index is 5.75. The Labute approximate surface area is 150 Å². The molecule has 25 heavy (non-hydrogen) atoms. The average Bonchev–Trinajstić information content (AvgIpc) is 2.68. The quantitative estimate of drug-likeness (QED) is 0.774. The molecule has 1 N–H and O–H groups in total. The predicted molar refractivity (Wildman–Crippen MR) is 90.4 cm³/mol. The van der Waals surface area contributed by atoms with Gasteiger partial charge in [0.25, 0.3) is 0 Å². The van der Waals surface area contributed by atoms with Gasteiger partial charge in [0.05, 0.1) is 13.2 Å². The van der Waals surface area contributed by atoms with E-state index in [4.69, 9.17) is 24.3 Å². The molecule has 7 nitrogen and oxygen atoms in total. The van der Waals surface area contributed by atoms with Gasteiger partial charge in [0.15, 0.2) is 0 Å². The summed E-state index contributed by atoms with van der Waals surface area (Å²) in [5.41, 5.74) is 0. The van der Waals surface area contributed by atoms with Crippen molar-refractivity contribution < 1.29 is 24.3 Å². The van der Waals surface area contributed by atoms with Crippen molar-refractivity contribution in [2.24, 2.45) is 0 Å². The maximum atomic E-state index is 5.75. The standard InChI is InChI=1S/C18H32N2O5/c1-2-6-17(7-3-1)22-24-18(25-23-17)8-4-16(5-9-18)19-10-11-20-12-14-21-15-13-20/h16,19H,1-15H2. The van der Waals surface area contributed by atoms with Crippen LogP contribution >= 0.6 is 0 Å². The molecule has 2 saturated heterocycles. The SMILES string of the molecule is C1CCC2(CC1)OOC1(CCC(NCCN3CCOCC3)CC1)OO2. The number of morpholine rings is 1. The van der Waals surface area contributed by atoms with Gasteiger partial charge in [0.2, 0.25) is 11.6 Å². The second-order valence-corrected chi connectivity index (χ2v) is 7.90. The Morgan fingerprint density at radius 1 is 0.800 bits per heavy atom. The van der Waals surface area contributed by atoms with Crippen LogP contribution in [0.4, 0.5) is 0 Å². The summed E-state index contributed by atoms with van der Waals surface area (Å²) in [5, 5.41) is 3.67. The minimum absolute atomic E-state index is 0.518. The number of rotatable bonds is 4. The molecule has 144 valence electrons. The zero-order valence-electron chi connectivity index (χ0n) is 15.2. The zero-order chi connectivity index (χ0) is 17.0. The highest BCUT2D eigenvalue weighted by Crippen LogP contribution is 2.43.